The first-order valence-corrected chi connectivity index (χ1v) is 6.31. The van der Waals surface area contributed by atoms with Crippen LogP contribution >= 0.6 is 0 Å². The van der Waals surface area contributed by atoms with Crippen LogP contribution < -0.4 is 5.32 Å². The second-order valence-corrected chi connectivity index (χ2v) is 5.21. The van der Waals surface area contributed by atoms with E-state index in [1.54, 1.807) is 0 Å². The Hall–Kier alpha value is -0.120. The van der Waals surface area contributed by atoms with E-state index in [0.717, 1.165) is 31.7 Å². The maximum atomic E-state index is 5.44. The highest BCUT2D eigenvalue weighted by atomic mass is 16.5. The van der Waals surface area contributed by atoms with Crippen LogP contribution in [0.3, 0.4) is 0 Å². The summed E-state index contributed by atoms with van der Waals surface area (Å²) < 4.78 is 5.44. The third-order valence-electron chi connectivity index (χ3n) is 3.38. The largest absolute Gasteiger partial charge is 0.379 e. The lowest BCUT2D eigenvalue weighted by molar-refractivity contribution is -0.00612. The molecule has 0 aromatic heterocycles. The number of morpholine rings is 1. The molecule has 0 aromatic rings. The Kier molecular flexibility index (Phi) is 4.00. The smallest absolute Gasteiger partial charge is 0.0619 e. The number of rotatable bonds is 5. The van der Waals surface area contributed by atoms with E-state index in [0.29, 0.717) is 6.04 Å². The number of ether oxygens (including phenoxy) is 1. The molecular formula is C12H24N2O. The molecular weight excluding hydrogens is 188 g/mol. The van der Waals surface area contributed by atoms with Crippen LogP contribution in [0.1, 0.15) is 26.7 Å². The second kappa shape index (κ2) is 5.28. The molecule has 0 bridgehead atoms. The van der Waals surface area contributed by atoms with Crippen molar-refractivity contribution in [2.24, 2.45) is 5.92 Å². The average Bonchev–Trinajstić information content (AvgIpc) is 3.02. The van der Waals surface area contributed by atoms with Gasteiger partial charge in [0, 0.05) is 25.2 Å². The van der Waals surface area contributed by atoms with E-state index >= 15 is 0 Å². The summed E-state index contributed by atoms with van der Waals surface area (Å²) in [6, 6.07) is 1.44. The Morgan fingerprint density at radius 2 is 2.27 bits per heavy atom. The molecule has 0 amide bonds. The minimum atomic E-state index is 0.599. The van der Waals surface area contributed by atoms with E-state index in [4.69, 9.17) is 4.74 Å². The van der Waals surface area contributed by atoms with Gasteiger partial charge in [-0.05, 0) is 32.2 Å². The fraction of sp³-hybridized carbons (Fsp3) is 1.00. The van der Waals surface area contributed by atoms with Crippen LogP contribution in [-0.2, 0) is 4.74 Å². The van der Waals surface area contributed by atoms with Gasteiger partial charge in [0.2, 0.25) is 0 Å². The highest BCUT2D eigenvalue weighted by Gasteiger charge is 2.23. The lowest BCUT2D eigenvalue weighted by Crippen LogP contribution is -2.46. The number of hydrogen-bond donors (Lipinski definition) is 1. The summed E-state index contributed by atoms with van der Waals surface area (Å²) in [7, 11) is 0. The van der Waals surface area contributed by atoms with Gasteiger partial charge in [-0.1, -0.05) is 6.92 Å². The summed E-state index contributed by atoms with van der Waals surface area (Å²) in [4.78, 5) is 2.56. The van der Waals surface area contributed by atoms with Crippen molar-refractivity contribution in [2.45, 2.75) is 38.8 Å². The van der Waals surface area contributed by atoms with Crippen molar-refractivity contribution in [1.29, 1.82) is 0 Å². The Morgan fingerprint density at radius 1 is 1.47 bits per heavy atom. The second-order valence-electron chi connectivity index (χ2n) is 5.21. The highest BCUT2D eigenvalue weighted by Crippen LogP contribution is 2.19. The fourth-order valence-corrected chi connectivity index (χ4v) is 2.15. The van der Waals surface area contributed by atoms with Crippen molar-refractivity contribution in [1.82, 2.24) is 10.2 Å². The predicted molar refractivity (Wildman–Crippen MR) is 62.0 cm³/mol. The minimum absolute atomic E-state index is 0.599. The first kappa shape index (κ1) is 11.4. The van der Waals surface area contributed by atoms with Crippen molar-refractivity contribution >= 4 is 0 Å². The van der Waals surface area contributed by atoms with Crippen LogP contribution in [0, 0.1) is 5.92 Å². The third-order valence-corrected chi connectivity index (χ3v) is 3.38. The molecule has 2 atom stereocenters. The molecule has 2 fully saturated rings. The van der Waals surface area contributed by atoms with E-state index in [2.05, 4.69) is 24.1 Å². The lowest BCUT2D eigenvalue weighted by Gasteiger charge is -2.35. The average molecular weight is 212 g/mol. The zero-order chi connectivity index (χ0) is 10.7. The van der Waals surface area contributed by atoms with Gasteiger partial charge in [0.1, 0.15) is 0 Å². The molecule has 1 heterocycles. The maximum absolute atomic E-state index is 5.44. The van der Waals surface area contributed by atoms with Gasteiger partial charge in [0.05, 0.1) is 13.2 Å². The molecule has 1 saturated carbocycles. The van der Waals surface area contributed by atoms with Crippen molar-refractivity contribution < 1.29 is 4.74 Å². The SMILES string of the molecule is CC(CNC1CC1)CN1CCOCC1C. The predicted octanol–water partition coefficient (Wildman–Crippen LogP) is 1.10. The summed E-state index contributed by atoms with van der Waals surface area (Å²) in [6.45, 7) is 9.92. The molecule has 1 aliphatic heterocycles. The quantitative estimate of drug-likeness (QED) is 0.738. The van der Waals surface area contributed by atoms with Crippen LogP contribution in [0.25, 0.3) is 0 Å². The molecule has 3 heteroatoms. The van der Waals surface area contributed by atoms with Gasteiger partial charge in [-0.3, -0.25) is 4.90 Å². The molecule has 2 aliphatic rings. The molecule has 88 valence electrons. The summed E-state index contributed by atoms with van der Waals surface area (Å²) in [6.07, 6.45) is 2.78. The summed E-state index contributed by atoms with van der Waals surface area (Å²) in [5.41, 5.74) is 0. The van der Waals surface area contributed by atoms with Crippen LogP contribution in [-0.4, -0.2) is 49.8 Å². The Bertz CT molecular complexity index is 194. The molecule has 1 N–H and O–H groups in total. The zero-order valence-corrected chi connectivity index (χ0v) is 10.0. The topological polar surface area (TPSA) is 24.5 Å². The number of hydrogen-bond acceptors (Lipinski definition) is 3. The Balaban J connectivity index is 1.64. The molecule has 0 aromatic carbocycles. The lowest BCUT2D eigenvalue weighted by atomic mass is 10.1. The van der Waals surface area contributed by atoms with Crippen molar-refractivity contribution in [3.63, 3.8) is 0 Å². The first-order chi connectivity index (χ1) is 7.25. The Labute approximate surface area is 93.2 Å². The molecule has 0 radical (unpaired) electrons. The van der Waals surface area contributed by atoms with Crippen LogP contribution in [0.4, 0.5) is 0 Å². The third kappa shape index (κ3) is 3.74. The van der Waals surface area contributed by atoms with Gasteiger partial charge in [0.25, 0.3) is 0 Å². The van der Waals surface area contributed by atoms with E-state index in [9.17, 15) is 0 Å². The van der Waals surface area contributed by atoms with Gasteiger partial charge in [-0.15, -0.1) is 0 Å². The van der Waals surface area contributed by atoms with E-state index in [1.165, 1.54) is 25.9 Å². The van der Waals surface area contributed by atoms with Crippen LogP contribution in [0.2, 0.25) is 0 Å². The van der Waals surface area contributed by atoms with Crippen molar-refractivity contribution in [3.8, 4) is 0 Å². The fourth-order valence-electron chi connectivity index (χ4n) is 2.15. The molecule has 2 rings (SSSR count). The van der Waals surface area contributed by atoms with Gasteiger partial charge >= 0.3 is 0 Å². The van der Waals surface area contributed by atoms with Crippen molar-refractivity contribution in [2.75, 3.05) is 32.8 Å². The molecule has 1 saturated heterocycles. The summed E-state index contributed by atoms with van der Waals surface area (Å²) in [5.74, 6) is 0.756. The Morgan fingerprint density at radius 3 is 2.93 bits per heavy atom. The minimum Gasteiger partial charge on any atom is -0.379 e. The van der Waals surface area contributed by atoms with Crippen LogP contribution in [0.5, 0.6) is 0 Å². The maximum Gasteiger partial charge on any atom is 0.0619 e. The normalized spacial score (nSPS) is 30.4. The number of nitrogens with one attached hydrogen (secondary N) is 1. The molecule has 1 aliphatic carbocycles. The van der Waals surface area contributed by atoms with Gasteiger partial charge in [-0.25, -0.2) is 0 Å². The molecule has 15 heavy (non-hydrogen) atoms. The first-order valence-electron chi connectivity index (χ1n) is 6.31. The molecule has 0 spiro atoms. The molecule has 2 unspecified atom stereocenters. The molecule has 3 nitrogen and oxygen atoms in total. The van der Waals surface area contributed by atoms with E-state index in [1.807, 2.05) is 0 Å². The summed E-state index contributed by atoms with van der Waals surface area (Å²) in [5, 5.41) is 3.60. The highest BCUT2D eigenvalue weighted by molar-refractivity contribution is 4.82. The van der Waals surface area contributed by atoms with Crippen LogP contribution in [0.15, 0.2) is 0 Å². The van der Waals surface area contributed by atoms with Gasteiger partial charge in [-0.2, -0.15) is 0 Å². The van der Waals surface area contributed by atoms with Crippen molar-refractivity contribution in [3.05, 3.63) is 0 Å². The van der Waals surface area contributed by atoms with E-state index < -0.39 is 0 Å². The van der Waals surface area contributed by atoms with Gasteiger partial charge in [0.15, 0.2) is 0 Å². The number of nitrogens with zero attached hydrogens (tertiary/aromatic N) is 1. The van der Waals surface area contributed by atoms with E-state index in [-0.39, 0.29) is 0 Å². The zero-order valence-electron chi connectivity index (χ0n) is 10.0. The monoisotopic (exact) mass is 212 g/mol. The standard InChI is InChI=1S/C12H24N2O/c1-10(7-13-12-3-4-12)8-14-5-6-15-9-11(14)2/h10-13H,3-9H2,1-2H3. The summed E-state index contributed by atoms with van der Waals surface area (Å²) >= 11 is 0. The van der Waals surface area contributed by atoms with Gasteiger partial charge < -0.3 is 10.1 Å².